The minimum Gasteiger partial charge on any atom is -0.465 e. The molecule has 0 radical (unpaired) electrons. The number of thiophene rings is 1. The molecule has 12 nitrogen and oxygen atoms in total. The quantitative estimate of drug-likeness (QED) is 0.108. The van der Waals surface area contributed by atoms with Gasteiger partial charge < -0.3 is 30.3 Å². The van der Waals surface area contributed by atoms with E-state index in [9.17, 15) is 19.2 Å². The summed E-state index contributed by atoms with van der Waals surface area (Å²) in [5.41, 5.74) is 0.402. The largest absolute Gasteiger partial charge is 0.465 e. The maximum absolute atomic E-state index is 15.0. The average molecular weight is 709 g/mol. The van der Waals surface area contributed by atoms with Crippen molar-refractivity contribution in [2.75, 3.05) is 40.4 Å². The van der Waals surface area contributed by atoms with Crippen molar-refractivity contribution in [3.8, 4) is 11.1 Å². The zero-order chi connectivity index (χ0) is 36.0. The van der Waals surface area contributed by atoms with Gasteiger partial charge in [0.05, 0.1) is 25.8 Å². The zero-order valence-corrected chi connectivity index (χ0v) is 28.5. The maximum atomic E-state index is 15.0. The summed E-state index contributed by atoms with van der Waals surface area (Å²) in [5.74, 6) is -4.91. The number of alkyl halides is 2. The van der Waals surface area contributed by atoms with Gasteiger partial charge in [0.25, 0.3) is 11.8 Å². The number of likely N-dealkylation sites (tertiary alicyclic amines) is 1. The highest BCUT2D eigenvalue weighted by molar-refractivity contribution is 7.10. The molecule has 1 aliphatic heterocycles. The molecule has 15 heteroatoms. The summed E-state index contributed by atoms with van der Waals surface area (Å²) in [6.45, 7) is 2.93. The van der Waals surface area contributed by atoms with Crippen molar-refractivity contribution >= 4 is 41.0 Å². The van der Waals surface area contributed by atoms with Crippen LogP contribution in [0.5, 0.6) is 0 Å². The van der Waals surface area contributed by atoms with Crippen LogP contribution < -0.4 is 16.0 Å². The predicted molar refractivity (Wildman–Crippen MR) is 182 cm³/mol. The molecule has 3 aromatic rings. The van der Waals surface area contributed by atoms with Crippen molar-refractivity contribution in [2.45, 2.75) is 43.8 Å². The first-order valence-corrected chi connectivity index (χ1v) is 17.0. The monoisotopic (exact) mass is 708 g/mol. The Kier molecular flexibility index (Phi) is 9.50. The van der Waals surface area contributed by atoms with Crippen molar-refractivity contribution in [1.82, 2.24) is 25.8 Å². The van der Waals surface area contributed by atoms with Crippen LogP contribution in [0.2, 0.25) is 0 Å². The number of likely N-dealkylation sites (N-methyl/N-ethyl adjacent to an activating group) is 1. The topological polar surface area (TPSA) is 164 Å². The molecule has 0 bridgehead atoms. The van der Waals surface area contributed by atoms with Gasteiger partial charge in [-0.15, -0.1) is 11.3 Å². The molecule has 6 rings (SSSR count). The Morgan fingerprint density at radius 2 is 1.82 bits per heavy atom. The molecule has 1 saturated heterocycles. The first-order valence-electron chi connectivity index (χ1n) is 16.1. The van der Waals surface area contributed by atoms with Gasteiger partial charge in [0, 0.05) is 50.5 Å². The molecule has 1 aromatic heterocycles. The summed E-state index contributed by atoms with van der Waals surface area (Å²) in [6.07, 6.45) is -0.328. The molecule has 4 atom stereocenters. The minimum atomic E-state index is -3.18. The number of fused-ring (bicyclic) bond motifs is 4. The van der Waals surface area contributed by atoms with E-state index in [2.05, 4.69) is 10.6 Å². The van der Waals surface area contributed by atoms with Crippen LogP contribution in [-0.4, -0.2) is 97.0 Å². The van der Waals surface area contributed by atoms with Crippen molar-refractivity contribution in [3.05, 3.63) is 81.0 Å². The van der Waals surface area contributed by atoms with Gasteiger partial charge in [0.2, 0.25) is 11.8 Å². The third-order valence-electron chi connectivity index (χ3n) is 9.58. The van der Waals surface area contributed by atoms with Crippen molar-refractivity contribution in [1.29, 1.82) is 5.41 Å². The Morgan fingerprint density at radius 1 is 1.08 bits per heavy atom. The SMILES string of the molecule is CC(NC(=O)[C@@H]1C[C@]2(COCCN(C)C)C[C@@H]2N1C(=O)CNC(=O)c1ccc2c(c1)-c1ccccc1C2(F)F)c1cc(C(=N)NC(=O)O)cs1. The average Bonchev–Trinajstić information content (AvgIpc) is 3.35. The molecule has 2 aromatic carbocycles. The Hall–Kier alpha value is -4.73. The van der Waals surface area contributed by atoms with Gasteiger partial charge in [-0.25, -0.2) is 4.79 Å². The molecule has 5 N–H and O–H groups in total. The van der Waals surface area contributed by atoms with Gasteiger partial charge in [-0.05, 0) is 63.2 Å². The Balaban J connectivity index is 1.14. The predicted octanol–water partition coefficient (Wildman–Crippen LogP) is 4.01. The van der Waals surface area contributed by atoms with Crippen LogP contribution in [0.4, 0.5) is 13.6 Å². The van der Waals surface area contributed by atoms with Crippen LogP contribution in [0.3, 0.4) is 0 Å². The van der Waals surface area contributed by atoms with E-state index in [4.69, 9.17) is 15.3 Å². The highest BCUT2D eigenvalue weighted by Gasteiger charge is 2.67. The lowest BCUT2D eigenvalue weighted by molar-refractivity contribution is -0.139. The third-order valence-corrected chi connectivity index (χ3v) is 10.7. The second kappa shape index (κ2) is 13.5. The Labute approximate surface area is 291 Å². The fourth-order valence-electron chi connectivity index (χ4n) is 6.88. The number of benzene rings is 2. The first-order chi connectivity index (χ1) is 23.7. The molecule has 3 aliphatic rings. The lowest BCUT2D eigenvalue weighted by atomic mass is 10.00. The highest BCUT2D eigenvalue weighted by atomic mass is 32.1. The number of piperidine rings is 1. The van der Waals surface area contributed by atoms with Crippen LogP contribution in [0, 0.1) is 10.8 Å². The summed E-state index contributed by atoms with van der Waals surface area (Å²) in [7, 11) is 3.87. The lowest BCUT2D eigenvalue weighted by Crippen LogP contribution is -2.51. The molecule has 2 aliphatic carbocycles. The molecule has 1 unspecified atom stereocenters. The number of hydrogen-bond acceptors (Lipinski definition) is 8. The van der Waals surface area contributed by atoms with Gasteiger partial charge in [-0.1, -0.05) is 30.3 Å². The number of nitrogens with zero attached hydrogens (tertiary/aromatic N) is 2. The molecule has 1 saturated carbocycles. The van der Waals surface area contributed by atoms with Crippen LogP contribution in [0.15, 0.2) is 53.9 Å². The number of ether oxygens (including phenoxy) is 1. The summed E-state index contributed by atoms with van der Waals surface area (Å²) in [4.78, 5) is 55.9. The van der Waals surface area contributed by atoms with Crippen LogP contribution in [0.1, 0.15) is 57.7 Å². The standard InChI is InChI=1S/C35H38F2N6O6S/c1-19(27-13-21(17-50-27)30(38)41-33(47)48)40-32(46)26-14-34(18-49-11-10-42(2)3)15-28(34)43(26)29(44)16-39-31(45)20-8-9-25-23(12-20)22-6-4-5-7-24(22)35(25,36)37/h4-9,12-13,17,19,26,28H,10-11,14-16,18H2,1-3H3,(H2,38,41)(H,39,45)(H,40,46)(H,47,48)/t19?,26-,28-,34+/m0/s1. The van der Waals surface area contributed by atoms with Crippen molar-refractivity contribution < 1.29 is 37.8 Å². The van der Waals surface area contributed by atoms with Crippen molar-refractivity contribution in [2.24, 2.45) is 5.41 Å². The number of nitrogens with one attached hydrogen (secondary N) is 4. The summed E-state index contributed by atoms with van der Waals surface area (Å²) >= 11 is 1.26. The summed E-state index contributed by atoms with van der Waals surface area (Å²) in [6, 6.07) is 10.2. The third kappa shape index (κ3) is 6.72. The van der Waals surface area contributed by atoms with E-state index in [1.54, 1.807) is 36.6 Å². The maximum Gasteiger partial charge on any atom is 0.410 e. The normalized spacial score (nSPS) is 21.5. The molecule has 4 amide bonds. The molecule has 50 heavy (non-hydrogen) atoms. The van der Waals surface area contributed by atoms with Crippen LogP contribution in [0.25, 0.3) is 11.1 Å². The van der Waals surface area contributed by atoms with E-state index in [1.807, 2.05) is 24.3 Å². The number of amidine groups is 1. The van der Waals surface area contributed by atoms with Gasteiger partial charge in [-0.3, -0.25) is 25.1 Å². The highest BCUT2D eigenvalue weighted by Crippen LogP contribution is 2.59. The van der Waals surface area contributed by atoms with E-state index in [-0.39, 0.29) is 40.0 Å². The smallest absolute Gasteiger partial charge is 0.410 e. The molecule has 264 valence electrons. The summed E-state index contributed by atoms with van der Waals surface area (Å²) < 4.78 is 36.0. The molecule has 2 fully saturated rings. The fraction of sp³-hybridized carbons (Fsp3) is 0.400. The Morgan fingerprint density at radius 3 is 2.56 bits per heavy atom. The van der Waals surface area contributed by atoms with Crippen LogP contribution in [-0.2, 0) is 20.2 Å². The number of halogens is 2. The first kappa shape index (κ1) is 35.1. The molecule has 2 heterocycles. The molecule has 0 spiro atoms. The van der Waals surface area contributed by atoms with Gasteiger partial charge in [-0.2, -0.15) is 8.78 Å². The Bertz CT molecular complexity index is 1870. The number of carboxylic acid groups (broad SMARTS) is 1. The second-order valence-corrected chi connectivity index (χ2v) is 14.2. The second-order valence-electron chi connectivity index (χ2n) is 13.3. The number of carbonyl (C=O) groups is 4. The summed E-state index contributed by atoms with van der Waals surface area (Å²) in [5, 5.41) is 26.0. The van der Waals surface area contributed by atoms with Crippen molar-refractivity contribution in [3.63, 3.8) is 0 Å². The van der Waals surface area contributed by atoms with E-state index in [1.165, 1.54) is 40.5 Å². The van der Waals surface area contributed by atoms with E-state index >= 15 is 8.78 Å². The number of hydrogen-bond donors (Lipinski definition) is 5. The minimum absolute atomic E-state index is 0.122. The van der Waals surface area contributed by atoms with E-state index in [0.29, 0.717) is 48.6 Å². The van der Waals surface area contributed by atoms with Gasteiger partial charge in [0.1, 0.15) is 11.9 Å². The van der Waals surface area contributed by atoms with Crippen LogP contribution >= 0.6 is 11.3 Å². The molecular formula is C35H38F2N6O6S. The van der Waals surface area contributed by atoms with E-state index < -0.39 is 47.9 Å². The van der Waals surface area contributed by atoms with Gasteiger partial charge >= 0.3 is 6.09 Å². The number of carbonyl (C=O) groups excluding carboxylic acids is 3. The number of amides is 4. The lowest BCUT2D eigenvalue weighted by Gasteiger charge is -2.28. The molecular weight excluding hydrogens is 670 g/mol. The zero-order valence-electron chi connectivity index (χ0n) is 27.7. The van der Waals surface area contributed by atoms with Gasteiger partial charge in [0.15, 0.2) is 0 Å². The fourth-order valence-corrected chi connectivity index (χ4v) is 7.79. The number of rotatable bonds is 12. The van der Waals surface area contributed by atoms with E-state index in [0.717, 1.165) is 0 Å².